The Bertz CT molecular complexity index is 717. The molecule has 2 rings (SSSR count). The molecule has 2 aromatic carbocycles. The molecule has 0 spiro atoms. The molecule has 126 valence electrons. The lowest BCUT2D eigenvalue weighted by Gasteiger charge is -2.13. The molecular formula is C19H22N2O2S. The minimum atomic E-state index is -0.475. The van der Waals surface area contributed by atoms with Crippen molar-refractivity contribution in [2.75, 3.05) is 0 Å². The highest BCUT2D eigenvalue weighted by Gasteiger charge is 2.17. The van der Waals surface area contributed by atoms with Crippen LogP contribution in [0.5, 0.6) is 0 Å². The van der Waals surface area contributed by atoms with Gasteiger partial charge in [0.25, 0.3) is 0 Å². The number of benzene rings is 2. The van der Waals surface area contributed by atoms with Crippen molar-refractivity contribution >= 4 is 23.7 Å². The van der Waals surface area contributed by atoms with Crippen LogP contribution >= 0.6 is 11.8 Å². The summed E-state index contributed by atoms with van der Waals surface area (Å²) in [5.41, 5.74) is 3.31. The summed E-state index contributed by atoms with van der Waals surface area (Å²) >= 11 is 1.45. The summed E-state index contributed by atoms with van der Waals surface area (Å²) in [6, 6.07) is 15.2. The van der Waals surface area contributed by atoms with Crippen LogP contribution in [0.3, 0.4) is 0 Å². The summed E-state index contributed by atoms with van der Waals surface area (Å²) in [6.45, 7) is 6.24. The summed E-state index contributed by atoms with van der Waals surface area (Å²) in [6.07, 6.45) is 0. The van der Waals surface area contributed by atoms with Gasteiger partial charge in [0.05, 0.1) is 5.25 Å². The molecule has 0 aliphatic rings. The van der Waals surface area contributed by atoms with Crippen LogP contribution in [0.1, 0.15) is 23.6 Å². The van der Waals surface area contributed by atoms with E-state index in [9.17, 15) is 9.59 Å². The molecule has 2 aromatic rings. The van der Waals surface area contributed by atoms with Gasteiger partial charge in [-0.25, -0.2) is 4.79 Å². The Hall–Kier alpha value is -2.27. The van der Waals surface area contributed by atoms with Crippen LogP contribution in [-0.4, -0.2) is 17.2 Å². The van der Waals surface area contributed by atoms with Gasteiger partial charge in [0.2, 0.25) is 5.91 Å². The average Bonchev–Trinajstić information content (AvgIpc) is 2.56. The molecule has 1 unspecified atom stereocenters. The maximum Gasteiger partial charge on any atom is 0.321 e. The van der Waals surface area contributed by atoms with Gasteiger partial charge in [-0.15, -0.1) is 11.8 Å². The molecule has 0 bridgehead atoms. The normalized spacial score (nSPS) is 11.6. The molecule has 5 heteroatoms. The maximum atomic E-state index is 12.2. The molecule has 0 radical (unpaired) electrons. The minimum absolute atomic E-state index is 0.300. The van der Waals surface area contributed by atoms with E-state index in [1.165, 1.54) is 17.3 Å². The van der Waals surface area contributed by atoms with E-state index in [-0.39, 0.29) is 11.2 Å². The number of carbonyl (C=O) groups is 2. The van der Waals surface area contributed by atoms with E-state index >= 15 is 0 Å². The Balaban J connectivity index is 1.83. The smallest absolute Gasteiger partial charge is 0.321 e. The summed E-state index contributed by atoms with van der Waals surface area (Å²) in [7, 11) is 0. The summed E-state index contributed by atoms with van der Waals surface area (Å²) in [5.74, 6) is -0.300. The Morgan fingerprint density at radius 2 is 1.79 bits per heavy atom. The van der Waals surface area contributed by atoms with Gasteiger partial charge in [0, 0.05) is 11.4 Å². The number of nitrogens with one attached hydrogen (secondary N) is 2. The van der Waals surface area contributed by atoms with Crippen molar-refractivity contribution in [3.63, 3.8) is 0 Å². The van der Waals surface area contributed by atoms with Gasteiger partial charge in [-0.05, 0) is 38.0 Å². The highest BCUT2D eigenvalue weighted by Crippen LogP contribution is 2.27. The van der Waals surface area contributed by atoms with Crippen molar-refractivity contribution in [1.29, 1.82) is 0 Å². The van der Waals surface area contributed by atoms with Gasteiger partial charge < -0.3 is 5.32 Å². The van der Waals surface area contributed by atoms with Crippen LogP contribution in [-0.2, 0) is 11.3 Å². The number of hydrogen-bond donors (Lipinski definition) is 2. The largest absolute Gasteiger partial charge is 0.334 e. The van der Waals surface area contributed by atoms with Crippen LogP contribution in [0.4, 0.5) is 4.79 Å². The van der Waals surface area contributed by atoms with Crippen molar-refractivity contribution in [2.24, 2.45) is 0 Å². The van der Waals surface area contributed by atoms with Crippen LogP contribution in [0.15, 0.2) is 53.4 Å². The third kappa shape index (κ3) is 5.42. The molecule has 24 heavy (non-hydrogen) atoms. The number of urea groups is 1. The number of imide groups is 1. The third-order valence-corrected chi connectivity index (χ3v) is 4.82. The average molecular weight is 342 g/mol. The van der Waals surface area contributed by atoms with E-state index in [1.54, 1.807) is 6.92 Å². The number of rotatable bonds is 5. The Labute approximate surface area is 147 Å². The number of amides is 3. The van der Waals surface area contributed by atoms with E-state index < -0.39 is 6.03 Å². The Morgan fingerprint density at radius 1 is 1.08 bits per heavy atom. The molecule has 2 N–H and O–H groups in total. The highest BCUT2D eigenvalue weighted by molar-refractivity contribution is 8.00. The summed E-state index contributed by atoms with van der Waals surface area (Å²) in [4.78, 5) is 25.0. The van der Waals surface area contributed by atoms with E-state index in [4.69, 9.17) is 0 Å². The van der Waals surface area contributed by atoms with Gasteiger partial charge in [-0.2, -0.15) is 0 Å². The standard InChI is InChI=1S/C19H22N2O2S/c1-13-9-10-17(14(2)11-13)24-15(3)18(22)21-19(23)20-12-16-7-5-4-6-8-16/h4-11,15H,12H2,1-3H3,(H2,20,21,22,23). The van der Waals surface area contributed by atoms with Crippen molar-refractivity contribution in [1.82, 2.24) is 10.6 Å². The first kappa shape index (κ1) is 18.1. The Kier molecular flexibility index (Phi) is 6.44. The predicted octanol–water partition coefficient (Wildman–Crippen LogP) is 3.81. The zero-order valence-electron chi connectivity index (χ0n) is 14.1. The molecule has 0 aliphatic carbocycles. The second-order valence-electron chi connectivity index (χ2n) is 5.69. The SMILES string of the molecule is Cc1ccc(SC(C)C(=O)NC(=O)NCc2ccccc2)c(C)c1. The lowest BCUT2D eigenvalue weighted by molar-refractivity contribution is -0.119. The molecule has 0 heterocycles. The van der Waals surface area contributed by atoms with Gasteiger partial charge in [-0.3, -0.25) is 10.1 Å². The van der Waals surface area contributed by atoms with Crippen LogP contribution in [0, 0.1) is 13.8 Å². The van der Waals surface area contributed by atoms with Crippen molar-refractivity contribution in [2.45, 2.75) is 37.5 Å². The zero-order chi connectivity index (χ0) is 17.5. The first-order chi connectivity index (χ1) is 11.5. The highest BCUT2D eigenvalue weighted by atomic mass is 32.2. The van der Waals surface area contributed by atoms with Crippen molar-refractivity contribution < 1.29 is 9.59 Å². The fourth-order valence-electron chi connectivity index (χ4n) is 2.21. The number of thioether (sulfide) groups is 1. The van der Waals surface area contributed by atoms with Gasteiger partial charge >= 0.3 is 6.03 Å². The quantitative estimate of drug-likeness (QED) is 0.812. The van der Waals surface area contributed by atoms with Gasteiger partial charge in [0.15, 0.2) is 0 Å². The number of carbonyl (C=O) groups excluding carboxylic acids is 2. The van der Waals surface area contributed by atoms with Crippen LogP contribution < -0.4 is 10.6 Å². The summed E-state index contributed by atoms with van der Waals surface area (Å²) < 4.78 is 0. The molecule has 0 aromatic heterocycles. The van der Waals surface area contributed by atoms with Crippen LogP contribution in [0.2, 0.25) is 0 Å². The second-order valence-corrected chi connectivity index (χ2v) is 7.07. The zero-order valence-corrected chi connectivity index (χ0v) is 14.9. The maximum absolute atomic E-state index is 12.2. The van der Waals surface area contributed by atoms with E-state index in [1.807, 2.05) is 56.3 Å². The van der Waals surface area contributed by atoms with Gasteiger partial charge in [0.1, 0.15) is 0 Å². The first-order valence-corrected chi connectivity index (χ1v) is 8.70. The van der Waals surface area contributed by atoms with E-state index in [2.05, 4.69) is 16.7 Å². The lowest BCUT2D eigenvalue weighted by atomic mass is 10.2. The molecular weight excluding hydrogens is 320 g/mol. The topological polar surface area (TPSA) is 58.2 Å². The first-order valence-electron chi connectivity index (χ1n) is 7.82. The number of hydrogen-bond acceptors (Lipinski definition) is 3. The molecule has 0 aliphatic heterocycles. The predicted molar refractivity (Wildman–Crippen MR) is 98.1 cm³/mol. The number of aryl methyl sites for hydroxylation is 2. The van der Waals surface area contributed by atoms with Crippen molar-refractivity contribution in [3.05, 3.63) is 65.2 Å². The monoisotopic (exact) mass is 342 g/mol. The van der Waals surface area contributed by atoms with E-state index in [0.29, 0.717) is 6.54 Å². The second kappa shape index (κ2) is 8.55. The van der Waals surface area contributed by atoms with Crippen LogP contribution in [0.25, 0.3) is 0 Å². The van der Waals surface area contributed by atoms with Crippen molar-refractivity contribution in [3.8, 4) is 0 Å². The fourth-order valence-corrected chi connectivity index (χ4v) is 3.15. The third-order valence-electron chi connectivity index (χ3n) is 3.54. The minimum Gasteiger partial charge on any atom is -0.334 e. The fraction of sp³-hybridized carbons (Fsp3) is 0.263. The molecule has 1 atom stereocenters. The van der Waals surface area contributed by atoms with Gasteiger partial charge in [-0.1, -0.05) is 48.0 Å². The molecule has 3 amide bonds. The molecule has 4 nitrogen and oxygen atoms in total. The molecule has 0 saturated heterocycles. The van der Waals surface area contributed by atoms with E-state index in [0.717, 1.165) is 16.0 Å². The Morgan fingerprint density at radius 3 is 2.46 bits per heavy atom. The molecule has 0 saturated carbocycles. The molecule has 0 fully saturated rings. The summed E-state index contributed by atoms with van der Waals surface area (Å²) in [5, 5.41) is 4.73. The lowest BCUT2D eigenvalue weighted by Crippen LogP contribution is -2.42.